The van der Waals surface area contributed by atoms with Crippen LogP contribution in [0.5, 0.6) is 0 Å². The molecule has 1 saturated heterocycles. The number of amides is 1. The van der Waals surface area contributed by atoms with Crippen LogP contribution in [0, 0.1) is 17.8 Å². The summed E-state index contributed by atoms with van der Waals surface area (Å²) in [7, 11) is 0. The molecule has 2 fully saturated rings. The van der Waals surface area contributed by atoms with E-state index >= 15 is 0 Å². The molecule has 0 aromatic carbocycles. The summed E-state index contributed by atoms with van der Waals surface area (Å²) in [5.41, 5.74) is 0. The van der Waals surface area contributed by atoms with Crippen molar-refractivity contribution in [3.63, 3.8) is 0 Å². The largest absolute Gasteiger partial charge is 0.323 e. The minimum Gasteiger partial charge on any atom is -0.323 e. The zero-order valence-electron chi connectivity index (χ0n) is 13.1. The molecule has 1 aliphatic heterocycles. The van der Waals surface area contributed by atoms with E-state index in [0.717, 1.165) is 12.3 Å². The first-order chi connectivity index (χ1) is 8.90. The maximum Gasteiger partial charge on any atom is 0.241 e. The molecule has 1 saturated carbocycles. The van der Waals surface area contributed by atoms with Crippen molar-refractivity contribution in [1.29, 1.82) is 0 Å². The van der Waals surface area contributed by atoms with Gasteiger partial charge in [0, 0.05) is 6.04 Å². The summed E-state index contributed by atoms with van der Waals surface area (Å²) in [5, 5.41) is 3.49. The van der Waals surface area contributed by atoms with Gasteiger partial charge in [0.15, 0.2) is 0 Å². The molecule has 3 nitrogen and oxygen atoms in total. The van der Waals surface area contributed by atoms with E-state index in [2.05, 4.69) is 44.8 Å². The number of hydrogen-bond acceptors (Lipinski definition) is 2. The molecule has 0 aromatic rings. The Bertz CT molecular complexity index is 329. The monoisotopic (exact) mass is 266 g/mol. The van der Waals surface area contributed by atoms with Crippen LogP contribution in [-0.4, -0.2) is 29.1 Å². The number of nitrogens with zero attached hydrogens (tertiary/aromatic N) is 1. The predicted molar refractivity (Wildman–Crippen MR) is 78.7 cm³/mol. The third kappa shape index (κ3) is 3.13. The molecule has 1 aliphatic carbocycles. The first-order valence-corrected chi connectivity index (χ1v) is 7.98. The first kappa shape index (κ1) is 14.8. The molecular formula is C16H30N2O. The molecule has 2 aliphatic rings. The van der Waals surface area contributed by atoms with Gasteiger partial charge in [0.05, 0.1) is 12.2 Å². The Kier molecular flexibility index (Phi) is 4.54. The third-order valence-corrected chi connectivity index (χ3v) is 4.86. The molecule has 1 amide bonds. The third-order valence-electron chi connectivity index (χ3n) is 4.86. The van der Waals surface area contributed by atoms with Gasteiger partial charge < -0.3 is 4.90 Å². The highest BCUT2D eigenvalue weighted by molar-refractivity contribution is 5.84. The molecule has 110 valence electrons. The molecule has 0 spiro atoms. The Morgan fingerprint density at radius 1 is 1.26 bits per heavy atom. The number of rotatable bonds is 3. The molecular weight excluding hydrogens is 236 g/mol. The standard InChI is InChI=1S/C16H30N2O/c1-10(2)8-14-16(19)18(13(5)17-14)15-7-6-11(3)9-12(15)4/h10-15,17H,6-9H2,1-5H3. The highest BCUT2D eigenvalue weighted by atomic mass is 16.2. The zero-order valence-corrected chi connectivity index (χ0v) is 13.1. The van der Waals surface area contributed by atoms with Crippen molar-refractivity contribution in [1.82, 2.24) is 10.2 Å². The van der Waals surface area contributed by atoms with Crippen LogP contribution in [0.25, 0.3) is 0 Å². The number of hydrogen-bond donors (Lipinski definition) is 1. The van der Waals surface area contributed by atoms with Gasteiger partial charge in [0.2, 0.25) is 5.91 Å². The highest BCUT2D eigenvalue weighted by Gasteiger charge is 2.43. The second-order valence-electron chi connectivity index (χ2n) is 7.23. The lowest BCUT2D eigenvalue weighted by Gasteiger charge is -2.40. The highest BCUT2D eigenvalue weighted by Crippen LogP contribution is 2.34. The molecule has 0 radical (unpaired) electrons. The summed E-state index contributed by atoms with van der Waals surface area (Å²) >= 11 is 0. The van der Waals surface area contributed by atoms with E-state index in [1.807, 2.05) is 0 Å². The lowest BCUT2D eigenvalue weighted by Crippen LogP contribution is -2.48. The molecule has 0 aromatic heterocycles. The van der Waals surface area contributed by atoms with Crippen molar-refractivity contribution in [2.45, 2.75) is 78.6 Å². The van der Waals surface area contributed by atoms with Crippen molar-refractivity contribution >= 4 is 5.91 Å². The van der Waals surface area contributed by atoms with E-state index in [4.69, 9.17) is 0 Å². The minimum atomic E-state index is 0.0431. The Morgan fingerprint density at radius 2 is 1.95 bits per heavy atom. The van der Waals surface area contributed by atoms with Crippen LogP contribution in [0.3, 0.4) is 0 Å². The maximum absolute atomic E-state index is 12.6. The van der Waals surface area contributed by atoms with Crippen LogP contribution < -0.4 is 5.32 Å². The van der Waals surface area contributed by atoms with Crippen LogP contribution >= 0.6 is 0 Å². The lowest BCUT2D eigenvalue weighted by atomic mass is 9.79. The summed E-state index contributed by atoms with van der Waals surface area (Å²) < 4.78 is 0. The summed E-state index contributed by atoms with van der Waals surface area (Å²) in [6, 6.07) is 0.491. The Balaban J connectivity index is 2.05. The second kappa shape index (κ2) is 5.82. The van der Waals surface area contributed by atoms with Gasteiger partial charge in [-0.3, -0.25) is 10.1 Å². The normalized spacial score (nSPS) is 40.2. The van der Waals surface area contributed by atoms with E-state index in [9.17, 15) is 4.79 Å². The molecule has 3 heteroatoms. The molecule has 1 heterocycles. The number of nitrogens with one attached hydrogen (secondary N) is 1. The molecule has 5 unspecified atom stereocenters. The average Bonchev–Trinajstić information content (AvgIpc) is 2.55. The van der Waals surface area contributed by atoms with Gasteiger partial charge in [-0.2, -0.15) is 0 Å². The quantitative estimate of drug-likeness (QED) is 0.851. The van der Waals surface area contributed by atoms with Crippen LogP contribution in [0.1, 0.15) is 60.3 Å². The molecule has 2 rings (SSSR count). The van der Waals surface area contributed by atoms with E-state index in [0.29, 0.717) is 23.8 Å². The maximum atomic E-state index is 12.6. The predicted octanol–water partition coefficient (Wildman–Crippen LogP) is 3.00. The molecule has 19 heavy (non-hydrogen) atoms. The van der Waals surface area contributed by atoms with Crippen molar-refractivity contribution in [2.24, 2.45) is 17.8 Å². The fourth-order valence-corrected chi connectivity index (χ4v) is 3.97. The smallest absolute Gasteiger partial charge is 0.241 e. The Hall–Kier alpha value is -0.570. The number of carbonyl (C=O) groups excluding carboxylic acids is 1. The van der Waals surface area contributed by atoms with E-state index in [1.165, 1.54) is 19.3 Å². The average molecular weight is 266 g/mol. The molecule has 1 N–H and O–H groups in total. The fourth-order valence-electron chi connectivity index (χ4n) is 3.97. The van der Waals surface area contributed by atoms with Crippen LogP contribution in [-0.2, 0) is 4.79 Å². The fraction of sp³-hybridized carbons (Fsp3) is 0.938. The van der Waals surface area contributed by atoms with Gasteiger partial charge in [-0.1, -0.05) is 27.7 Å². The SMILES string of the molecule is CC(C)CC1NC(C)N(C2CCC(C)CC2C)C1=O. The van der Waals surface area contributed by atoms with Gasteiger partial charge in [0.1, 0.15) is 0 Å². The van der Waals surface area contributed by atoms with Gasteiger partial charge in [0.25, 0.3) is 0 Å². The Labute approximate surface area is 118 Å². The zero-order chi connectivity index (χ0) is 14.2. The van der Waals surface area contributed by atoms with E-state index < -0.39 is 0 Å². The minimum absolute atomic E-state index is 0.0431. The van der Waals surface area contributed by atoms with Gasteiger partial charge in [-0.25, -0.2) is 0 Å². The molecule has 5 atom stereocenters. The summed E-state index contributed by atoms with van der Waals surface area (Å²) in [4.78, 5) is 14.8. The summed E-state index contributed by atoms with van der Waals surface area (Å²) in [6.45, 7) is 11.2. The van der Waals surface area contributed by atoms with Crippen molar-refractivity contribution < 1.29 is 4.79 Å². The Morgan fingerprint density at radius 3 is 2.53 bits per heavy atom. The van der Waals surface area contributed by atoms with Crippen LogP contribution in [0.2, 0.25) is 0 Å². The van der Waals surface area contributed by atoms with Crippen molar-refractivity contribution in [3.8, 4) is 0 Å². The van der Waals surface area contributed by atoms with Gasteiger partial charge >= 0.3 is 0 Å². The van der Waals surface area contributed by atoms with Crippen molar-refractivity contribution in [3.05, 3.63) is 0 Å². The van der Waals surface area contributed by atoms with Gasteiger partial charge in [-0.15, -0.1) is 0 Å². The van der Waals surface area contributed by atoms with E-state index in [-0.39, 0.29) is 12.2 Å². The van der Waals surface area contributed by atoms with E-state index in [1.54, 1.807) is 0 Å². The lowest BCUT2D eigenvalue weighted by molar-refractivity contribution is -0.134. The van der Waals surface area contributed by atoms with Crippen LogP contribution in [0.4, 0.5) is 0 Å². The molecule has 0 bridgehead atoms. The number of carbonyl (C=O) groups is 1. The van der Waals surface area contributed by atoms with Gasteiger partial charge in [-0.05, 0) is 50.4 Å². The van der Waals surface area contributed by atoms with Crippen LogP contribution in [0.15, 0.2) is 0 Å². The second-order valence-corrected chi connectivity index (χ2v) is 7.23. The topological polar surface area (TPSA) is 32.3 Å². The van der Waals surface area contributed by atoms with Crippen molar-refractivity contribution in [2.75, 3.05) is 0 Å². The summed E-state index contributed by atoms with van der Waals surface area (Å²) in [5.74, 6) is 2.36. The summed E-state index contributed by atoms with van der Waals surface area (Å²) in [6.07, 6.45) is 4.86. The first-order valence-electron chi connectivity index (χ1n) is 7.98.